The normalized spacial score (nSPS) is 11.3. The second-order valence-corrected chi connectivity index (χ2v) is 6.56. The lowest BCUT2D eigenvalue weighted by Crippen LogP contribution is -2.17. The highest BCUT2D eigenvalue weighted by Crippen LogP contribution is 2.22. The van der Waals surface area contributed by atoms with Crippen LogP contribution >= 0.6 is 12.4 Å². The number of halogens is 5. The van der Waals surface area contributed by atoms with E-state index in [1.165, 1.54) is 18.5 Å². The third kappa shape index (κ3) is 6.20. The van der Waals surface area contributed by atoms with Crippen LogP contribution in [0.5, 0.6) is 5.88 Å². The molecular formula is C18H23ClF4N2O. The number of ether oxygens (including phenoxy) is 1. The zero-order chi connectivity index (χ0) is 18.6. The molecule has 3 nitrogen and oxygen atoms in total. The highest BCUT2D eigenvalue weighted by molar-refractivity contribution is 5.85. The van der Waals surface area contributed by atoms with Crippen molar-refractivity contribution in [2.75, 3.05) is 0 Å². The van der Waals surface area contributed by atoms with Crippen LogP contribution in [-0.2, 0) is 19.6 Å². The molecular weight excluding hydrogens is 372 g/mol. The minimum absolute atomic E-state index is 0. The molecule has 0 saturated carbocycles. The molecule has 2 rings (SSSR count). The Morgan fingerprint density at radius 2 is 1.73 bits per heavy atom. The number of nitrogens with zero attached hydrogens (tertiary/aromatic N) is 2. The van der Waals surface area contributed by atoms with Gasteiger partial charge in [0, 0.05) is 30.7 Å². The molecule has 0 N–H and O–H groups in total. The maximum atomic E-state index is 13.7. The van der Waals surface area contributed by atoms with Gasteiger partial charge in [0.15, 0.2) is 11.6 Å². The minimum Gasteiger partial charge on any atom is -0.473 e. The zero-order valence-corrected chi connectivity index (χ0v) is 15.8. The lowest BCUT2D eigenvalue weighted by molar-refractivity contribution is 0.183. The monoisotopic (exact) mass is 394 g/mol. The van der Waals surface area contributed by atoms with Crippen molar-refractivity contribution in [3.63, 3.8) is 0 Å². The van der Waals surface area contributed by atoms with Gasteiger partial charge in [-0.1, -0.05) is 13.3 Å². The maximum Gasteiger partial charge on any atom is 0.212 e. The summed E-state index contributed by atoms with van der Waals surface area (Å²) in [6.07, 6.45) is 1.83. The van der Waals surface area contributed by atoms with Crippen molar-refractivity contribution in [3.8, 4) is 5.88 Å². The van der Waals surface area contributed by atoms with Crippen molar-refractivity contribution >= 4 is 12.4 Å². The molecule has 1 aromatic carbocycles. The fourth-order valence-electron chi connectivity index (χ4n) is 2.30. The Kier molecular flexibility index (Phi) is 7.93. The van der Waals surface area contributed by atoms with Crippen LogP contribution in [0.4, 0.5) is 17.6 Å². The molecule has 0 atom stereocenters. The molecule has 0 unspecified atom stereocenters. The third-order valence-electron chi connectivity index (χ3n) is 3.68. The van der Waals surface area contributed by atoms with Gasteiger partial charge < -0.3 is 4.74 Å². The van der Waals surface area contributed by atoms with Crippen molar-refractivity contribution in [2.24, 2.45) is 0 Å². The fourth-order valence-corrected chi connectivity index (χ4v) is 2.30. The molecule has 1 heterocycles. The first kappa shape index (κ1) is 22.3. The predicted molar refractivity (Wildman–Crippen MR) is 93.9 cm³/mol. The van der Waals surface area contributed by atoms with Gasteiger partial charge in [0.2, 0.25) is 5.88 Å². The van der Waals surface area contributed by atoms with E-state index < -0.39 is 23.1 Å². The molecule has 26 heavy (non-hydrogen) atoms. The van der Waals surface area contributed by atoms with Gasteiger partial charge in [-0.2, -0.15) is 5.10 Å². The van der Waals surface area contributed by atoms with E-state index in [1.54, 1.807) is 6.07 Å². The van der Waals surface area contributed by atoms with Gasteiger partial charge in [-0.3, -0.25) is 0 Å². The van der Waals surface area contributed by atoms with Crippen LogP contribution in [0.15, 0.2) is 18.2 Å². The summed E-state index contributed by atoms with van der Waals surface area (Å²) >= 11 is 0. The lowest BCUT2D eigenvalue weighted by atomic mass is 10.1. The second-order valence-electron chi connectivity index (χ2n) is 6.56. The summed E-state index contributed by atoms with van der Waals surface area (Å²) in [6, 6.07) is 2.95. The lowest BCUT2D eigenvalue weighted by Gasteiger charge is -2.15. The maximum absolute atomic E-state index is 13.7. The van der Waals surface area contributed by atoms with Gasteiger partial charge in [-0.25, -0.2) is 22.2 Å². The molecule has 0 saturated heterocycles. The van der Waals surface area contributed by atoms with Gasteiger partial charge in [-0.15, -0.1) is 12.4 Å². The van der Waals surface area contributed by atoms with Crippen molar-refractivity contribution < 1.29 is 22.3 Å². The average molecular weight is 395 g/mol. The molecule has 0 radical (unpaired) electrons. The minimum atomic E-state index is -1.36. The van der Waals surface area contributed by atoms with E-state index in [1.807, 2.05) is 6.92 Å². The number of aromatic nitrogens is 2. The first-order valence-corrected chi connectivity index (χ1v) is 8.21. The molecule has 1 aromatic heterocycles. The number of hydrogen-bond acceptors (Lipinski definition) is 2. The van der Waals surface area contributed by atoms with Gasteiger partial charge in [0.1, 0.15) is 18.1 Å². The summed E-state index contributed by atoms with van der Waals surface area (Å²) in [4.78, 5) is 0. The predicted octanol–water partition coefficient (Wildman–Crippen LogP) is 5.39. The van der Waals surface area contributed by atoms with Crippen molar-refractivity contribution in [1.29, 1.82) is 0 Å². The van der Waals surface area contributed by atoms with E-state index in [0.717, 1.165) is 24.6 Å². The van der Waals surface area contributed by atoms with E-state index >= 15 is 0 Å². The van der Waals surface area contributed by atoms with Crippen LogP contribution in [-0.4, -0.2) is 15.4 Å². The molecule has 0 bridgehead atoms. The number of alkyl halides is 1. The Bertz CT molecular complexity index is 729. The van der Waals surface area contributed by atoms with Crippen LogP contribution in [0, 0.1) is 17.5 Å². The number of hydrogen-bond donors (Lipinski definition) is 0. The molecule has 0 spiro atoms. The van der Waals surface area contributed by atoms with Crippen LogP contribution < -0.4 is 4.74 Å². The third-order valence-corrected chi connectivity index (χ3v) is 3.68. The Hall–Kier alpha value is -1.76. The summed E-state index contributed by atoms with van der Waals surface area (Å²) in [5, 5.41) is 4.37. The summed E-state index contributed by atoms with van der Waals surface area (Å²) in [7, 11) is 0. The molecule has 0 aliphatic heterocycles. The summed E-state index contributed by atoms with van der Waals surface area (Å²) in [6.45, 7) is 4.96. The highest BCUT2D eigenvalue weighted by Gasteiger charge is 2.18. The highest BCUT2D eigenvalue weighted by atomic mass is 35.5. The van der Waals surface area contributed by atoms with Gasteiger partial charge in [-0.05, 0) is 26.3 Å². The first-order chi connectivity index (χ1) is 11.7. The molecule has 0 fully saturated rings. The Balaban J connectivity index is 0.00000338. The molecule has 8 heteroatoms. The molecule has 0 aliphatic rings. The average Bonchev–Trinajstić information content (AvgIpc) is 2.89. The van der Waals surface area contributed by atoms with E-state index in [2.05, 4.69) is 5.10 Å². The van der Waals surface area contributed by atoms with E-state index in [-0.39, 0.29) is 31.0 Å². The Labute approximate surface area is 156 Å². The number of benzene rings is 1. The molecule has 146 valence electrons. The van der Waals surface area contributed by atoms with Crippen molar-refractivity contribution in [1.82, 2.24) is 9.78 Å². The SMILES string of the molecule is CCCc1cc(OCc2cc(F)c(F)cc2F)n(CCC(C)(C)F)n1.Cl. The van der Waals surface area contributed by atoms with Crippen LogP contribution in [0.3, 0.4) is 0 Å². The van der Waals surface area contributed by atoms with Crippen molar-refractivity contribution in [3.05, 3.63) is 46.9 Å². The van der Waals surface area contributed by atoms with Gasteiger partial charge >= 0.3 is 0 Å². The quantitative estimate of drug-likeness (QED) is 0.443. The summed E-state index contributed by atoms with van der Waals surface area (Å²) < 4.78 is 60.7. The van der Waals surface area contributed by atoms with Crippen molar-refractivity contribution in [2.45, 2.75) is 58.9 Å². The fraction of sp³-hybridized carbons (Fsp3) is 0.500. The van der Waals surface area contributed by atoms with E-state index in [0.29, 0.717) is 18.5 Å². The van der Waals surface area contributed by atoms with E-state index in [4.69, 9.17) is 4.74 Å². The smallest absolute Gasteiger partial charge is 0.212 e. The molecule has 0 aliphatic carbocycles. The molecule has 0 amide bonds. The van der Waals surface area contributed by atoms with Crippen LogP contribution in [0.2, 0.25) is 0 Å². The topological polar surface area (TPSA) is 27.1 Å². The zero-order valence-electron chi connectivity index (χ0n) is 15.0. The Morgan fingerprint density at radius 3 is 2.35 bits per heavy atom. The summed E-state index contributed by atoms with van der Waals surface area (Å²) in [5.41, 5.74) is -0.685. The number of rotatable bonds is 8. The summed E-state index contributed by atoms with van der Waals surface area (Å²) in [5.74, 6) is -2.93. The Morgan fingerprint density at radius 1 is 1.08 bits per heavy atom. The van der Waals surface area contributed by atoms with E-state index in [9.17, 15) is 17.6 Å². The standard InChI is InChI=1S/C18H22F4N2O.ClH/c1-4-5-13-9-17(24(23-13)7-6-18(2,3)22)25-11-12-8-15(20)16(21)10-14(12)19;/h8-10H,4-7,11H2,1-3H3;1H. The first-order valence-electron chi connectivity index (χ1n) is 8.21. The number of aryl methyl sites for hydroxylation is 2. The second kappa shape index (κ2) is 9.26. The van der Waals surface area contributed by atoms with Crippen LogP contribution in [0.25, 0.3) is 0 Å². The molecule has 2 aromatic rings. The largest absolute Gasteiger partial charge is 0.473 e. The van der Waals surface area contributed by atoms with Gasteiger partial charge in [0.25, 0.3) is 0 Å². The van der Waals surface area contributed by atoms with Crippen LogP contribution in [0.1, 0.15) is 44.9 Å². The van der Waals surface area contributed by atoms with Gasteiger partial charge in [0.05, 0.1) is 5.69 Å².